The van der Waals surface area contributed by atoms with Crippen LogP contribution >= 0.6 is 18.5 Å². The summed E-state index contributed by atoms with van der Waals surface area (Å²) in [6, 6.07) is 66.9. The molecule has 0 saturated carbocycles. The highest BCUT2D eigenvalue weighted by molar-refractivity contribution is 7.70. The molecule has 1 spiro atoms. The molecule has 0 atom stereocenters. The van der Waals surface area contributed by atoms with Crippen molar-refractivity contribution < 1.29 is 9.30 Å². The summed E-state index contributed by atoms with van der Waals surface area (Å²) in [6.45, 7) is 3.68. The van der Waals surface area contributed by atoms with E-state index in [2.05, 4.69) is 176 Å². The summed E-state index contributed by atoms with van der Waals surface area (Å²) in [5.74, 6) is 2.44. The zero-order chi connectivity index (χ0) is 42.0. The van der Waals surface area contributed by atoms with Crippen molar-refractivity contribution in [2.75, 3.05) is 13.3 Å². The number of ether oxygens (including phenoxy) is 1. The lowest BCUT2D eigenvalue weighted by Gasteiger charge is -2.39. The maximum absolute atomic E-state index is 13.4. The number of benzene rings is 9. The van der Waals surface area contributed by atoms with E-state index in [-0.39, 0.29) is 0 Å². The molecule has 1 aliphatic heterocycles. The van der Waals surface area contributed by atoms with Gasteiger partial charge in [-0.3, -0.25) is 0 Å². The van der Waals surface area contributed by atoms with Gasteiger partial charge in [0.1, 0.15) is 18.6 Å². The zero-order valence-electron chi connectivity index (χ0n) is 34.5. The first-order valence-corrected chi connectivity index (χ1v) is 24.7. The van der Waals surface area contributed by atoms with E-state index < -0.39 is 12.6 Å². The van der Waals surface area contributed by atoms with Crippen LogP contribution in [0.2, 0.25) is 0 Å². The first kappa shape index (κ1) is 36.5. The molecule has 298 valence electrons. The zero-order valence-corrected chi connectivity index (χ0v) is 36.2. The van der Waals surface area contributed by atoms with Gasteiger partial charge in [0.15, 0.2) is 5.82 Å². The summed E-state index contributed by atoms with van der Waals surface area (Å²) in [4.78, 5) is 11.2. The first-order valence-electron chi connectivity index (χ1n) is 21.3. The van der Waals surface area contributed by atoms with E-state index in [1.807, 2.05) is 25.5 Å². The monoisotopic (exact) mass is 844 g/mol. The molecule has 0 radical (unpaired) electrons. The fourth-order valence-corrected chi connectivity index (χ4v) is 12.6. The highest BCUT2D eigenvalue weighted by Gasteiger charge is 2.51. The molecule has 11 aromatic rings. The number of rotatable bonds is 4. The largest absolute Gasteiger partial charge is 0.457 e. The second-order valence-corrected chi connectivity index (χ2v) is 21.3. The molecule has 0 fully saturated rings. The molecule has 4 nitrogen and oxygen atoms in total. The van der Waals surface area contributed by atoms with Gasteiger partial charge in [0.25, 0.3) is 0 Å². The summed E-state index contributed by atoms with van der Waals surface area (Å²) in [7, 11) is -2.50. The Morgan fingerprint density at radius 2 is 1.06 bits per heavy atom. The summed E-state index contributed by atoms with van der Waals surface area (Å²) in [5.41, 5.74) is 12.7. The van der Waals surface area contributed by atoms with Crippen LogP contribution < -0.4 is 10.0 Å². The Labute approximate surface area is 368 Å². The molecule has 63 heavy (non-hydrogen) atoms. The second kappa shape index (κ2) is 13.4. The standard InChI is InChI=1S/C57H37N2O2PS/c1-62(2,60)36-17-15-16-34(32-36)51-38-19-3-5-21-40(38)52(41-22-6-4-20-39(41)51)56-58-53(55-54(59-56)42-23-8-14-29-50(42)63-55)35-30-31-45-43(33-35)37-18-7-9-24-44(37)57(45)46-25-10-12-27-48(46)61-49-28-13-11-26-47(49)57/h3-33H,1-2H3. The highest BCUT2D eigenvalue weighted by atomic mass is 32.1. The predicted molar refractivity (Wildman–Crippen MR) is 263 cm³/mol. The second-order valence-electron chi connectivity index (χ2n) is 17.1. The Morgan fingerprint density at radius 1 is 0.492 bits per heavy atom. The van der Waals surface area contributed by atoms with Crippen LogP contribution in [-0.2, 0) is 9.98 Å². The molecule has 0 unspecified atom stereocenters. The molecule has 3 heterocycles. The van der Waals surface area contributed by atoms with Crippen LogP contribution in [0.15, 0.2) is 188 Å². The van der Waals surface area contributed by atoms with Crippen LogP contribution in [0.3, 0.4) is 0 Å². The van der Waals surface area contributed by atoms with E-state index in [4.69, 9.17) is 14.7 Å². The molecule has 1 aliphatic carbocycles. The molecule has 0 N–H and O–H groups in total. The molecule has 13 rings (SSSR count). The van der Waals surface area contributed by atoms with E-state index in [1.165, 1.54) is 27.0 Å². The van der Waals surface area contributed by atoms with E-state index in [1.54, 1.807) is 11.3 Å². The van der Waals surface area contributed by atoms with Crippen molar-refractivity contribution >= 4 is 65.6 Å². The maximum atomic E-state index is 13.4. The van der Waals surface area contributed by atoms with Gasteiger partial charge >= 0.3 is 0 Å². The van der Waals surface area contributed by atoms with Crippen LogP contribution in [0.25, 0.3) is 86.7 Å². The topological polar surface area (TPSA) is 52.1 Å². The first-order chi connectivity index (χ1) is 30.9. The fourth-order valence-electron chi connectivity index (χ4n) is 10.6. The van der Waals surface area contributed by atoms with Gasteiger partial charge in [-0.2, -0.15) is 0 Å². The van der Waals surface area contributed by atoms with Crippen molar-refractivity contribution in [3.8, 4) is 56.4 Å². The maximum Gasteiger partial charge on any atom is 0.161 e. The summed E-state index contributed by atoms with van der Waals surface area (Å²) < 4.78 is 22.2. The summed E-state index contributed by atoms with van der Waals surface area (Å²) in [5, 5.41) is 6.32. The Bertz CT molecular complexity index is 3700. The Morgan fingerprint density at radius 3 is 1.75 bits per heavy atom. The minimum Gasteiger partial charge on any atom is -0.457 e. The Balaban J connectivity index is 1.10. The van der Waals surface area contributed by atoms with Crippen molar-refractivity contribution in [2.24, 2.45) is 0 Å². The van der Waals surface area contributed by atoms with Crippen molar-refractivity contribution in [1.29, 1.82) is 0 Å². The third kappa shape index (κ3) is 5.18. The number of fused-ring (bicyclic) bond motifs is 14. The Kier molecular flexibility index (Phi) is 7.77. The number of nitrogens with zero attached hydrogens (tertiary/aromatic N) is 2. The number of thiophene rings is 1. The van der Waals surface area contributed by atoms with E-state index >= 15 is 0 Å². The summed E-state index contributed by atoms with van der Waals surface area (Å²) in [6.07, 6.45) is 0. The quantitative estimate of drug-likeness (QED) is 0.131. The van der Waals surface area contributed by atoms with E-state index in [0.29, 0.717) is 5.82 Å². The molecule has 0 saturated heterocycles. The molecule has 0 amide bonds. The molecule has 6 heteroatoms. The number of aromatic nitrogens is 2. The van der Waals surface area contributed by atoms with Crippen LogP contribution in [0.4, 0.5) is 0 Å². The van der Waals surface area contributed by atoms with E-state index in [0.717, 1.165) is 93.0 Å². The van der Waals surface area contributed by atoms with Crippen molar-refractivity contribution in [3.05, 3.63) is 210 Å². The van der Waals surface area contributed by atoms with Gasteiger partial charge in [-0.1, -0.05) is 158 Å². The molecular weight excluding hydrogens is 808 g/mol. The SMILES string of the molecule is CP(C)(=O)c1cccc(-c2c3ccccc3c(-c3nc(-c4ccc5c(c4)-c4ccccc4C54c5ccccc5Oc5ccccc54)c4sc5ccccc5c4n3)c3ccccc23)c1. The molecular formula is C57H37N2O2PS. The van der Waals surface area contributed by atoms with Crippen LogP contribution in [-0.4, -0.2) is 23.3 Å². The van der Waals surface area contributed by atoms with Gasteiger partial charge in [0, 0.05) is 37.6 Å². The van der Waals surface area contributed by atoms with Crippen molar-refractivity contribution in [1.82, 2.24) is 9.97 Å². The summed E-state index contributed by atoms with van der Waals surface area (Å²) >= 11 is 1.75. The minimum atomic E-state index is -2.50. The van der Waals surface area contributed by atoms with Gasteiger partial charge in [0.2, 0.25) is 0 Å². The highest BCUT2D eigenvalue weighted by Crippen LogP contribution is 2.62. The smallest absolute Gasteiger partial charge is 0.161 e. The van der Waals surface area contributed by atoms with Gasteiger partial charge in [-0.15, -0.1) is 11.3 Å². The third-order valence-corrected chi connectivity index (χ3v) is 15.9. The predicted octanol–water partition coefficient (Wildman–Crippen LogP) is 14.9. The average molecular weight is 845 g/mol. The van der Waals surface area contributed by atoms with Crippen LogP contribution in [0.1, 0.15) is 22.3 Å². The average Bonchev–Trinajstić information content (AvgIpc) is 3.84. The third-order valence-electron chi connectivity index (χ3n) is 13.3. The van der Waals surface area contributed by atoms with Crippen molar-refractivity contribution in [2.45, 2.75) is 5.41 Å². The molecule has 2 aliphatic rings. The van der Waals surface area contributed by atoms with Crippen LogP contribution in [0, 0.1) is 0 Å². The number of hydrogen-bond acceptors (Lipinski definition) is 5. The lowest BCUT2D eigenvalue weighted by Crippen LogP contribution is -2.32. The fraction of sp³-hybridized carbons (Fsp3) is 0.0526. The Hall–Kier alpha value is -7.17. The minimum absolute atomic E-state index is 0.552. The number of para-hydroxylation sites is 2. The number of hydrogen-bond donors (Lipinski definition) is 0. The van der Waals surface area contributed by atoms with Crippen molar-refractivity contribution in [3.63, 3.8) is 0 Å². The molecule has 0 bridgehead atoms. The van der Waals surface area contributed by atoms with Gasteiger partial charge in [-0.05, 0) is 98.6 Å². The van der Waals surface area contributed by atoms with Crippen LogP contribution in [0.5, 0.6) is 11.5 Å². The lowest BCUT2D eigenvalue weighted by atomic mass is 9.66. The molecule has 9 aromatic carbocycles. The van der Waals surface area contributed by atoms with Gasteiger partial charge in [-0.25, -0.2) is 9.97 Å². The molecule has 2 aromatic heterocycles. The van der Waals surface area contributed by atoms with Gasteiger partial charge < -0.3 is 9.30 Å². The normalized spacial score (nSPS) is 13.6. The van der Waals surface area contributed by atoms with Gasteiger partial charge in [0.05, 0.1) is 21.3 Å². The van der Waals surface area contributed by atoms with E-state index in [9.17, 15) is 4.57 Å². The lowest BCUT2D eigenvalue weighted by molar-refractivity contribution is 0.436.